The van der Waals surface area contributed by atoms with Crippen LogP contribution in [0, 0.1) is 0 Å². The molecule has 18 heavy (non-hydrogen) atoms. The molecule has 0 fully saturated rings. The summed E-state index contributed by atoms with van der Waals surface area (Å²) >= 11 is 1.87. The van der Waals surface area contributed by atoms with Gasteiger partial charge in [0.15, 0.2) is 11.5 Å². The van der Waals surface area contributed by atoms with Crippen molar-refractivity contribution in [2.24, 2.45) is 0 Å². The van der Waals surface area contributed by atoms with E-state index in [1.807, 2.05) is 30.0 Å². The molecule has 0 aliphatic heterocycles. The van der Waals surface area contributed by atoms with Crippen molar-refractivity contribution in [3.8, 4) is 11.5 Å². The van der Waals surface area contributed by atoms with Gasteiger partial charge in [-0.25, -0.2) is 0 Å². The zero-order chi connectivity index (χ0) is 13.5. The molecule has 1 aromatic rings. The van der Waals surface area contributed by atoms with Crippen LogP contribution in [-0.2, 0) is 0 Å². The van der Waals surface area contributed by atoms with E-state index in [-0.39, 0.29) is 0 Å². The van der Waals surface area contributed by atoms with Gasteiger partial charge in [-0.15, -0.1) is 0 Å². The summed E-state index contributed by atoms with van der Waals surface area (Å²) in [5.74, 6) is 2.35. The lowest BCUT2D eigenvalue weighted by atomic mass is 10.1. The summed E-state index contributed by atoms with van der Waals surface area (Å²) in [7, 11) is 1.61. The SMILES string of the molecule is COc1cc(C(C)O)ccc1OCCSC(C)C. The maximum Gasteiger partial charge on any atom is 0.161 e. The first kappa shape index (κ1) is 15.2. The van der Waals surface area contributed by atoms with Crippen molar-refractivity contribution >= 4 is 11.8 Å². The first-order chi connectivity index (χ1) is 8.54. The molecule has 1 rings (SSSR count). The van der Waals surface area contributed by atoms with Crippen LogP contribution in [0.25, 0.3) is 0 Å². The molecule has 0 heterocycles. The van der Waals surface area contributed by atoms with Crippen LogP contribution in [0.1, 0.15) is 32.4 Å². The van der Waals surface area contributed by atoms with Crippen molar-refractivity contribution in [1.29, 1.82) is 0 Å². The van der Waals surface area contributed by atoms with Crippen LogP contribution in [0.15, 0.2) is 18.2 Å². The van der Waals surface area contributed by atoms with Crippen LogP contribution in [-0.4, -0.2) is 29.8 Å². The van der Waals surface area contributed by atoms with Gasteiger partial charge >= 0.3 is 0 Å². The first-order valence-corrected chi connectivity index (χ1v) is 7.20. The van der Waals surface area contributed by atoms with E-state index < -0.39 is 6.10 Å². The lowest BCUT2D eigenvalue weighted by Crippen LogP contribution is -2.04. The van der Waals surface area contributed by atoms with Crippen LogP contribution in [0.4, 0.5) is 0 Å². The van der Waals surface area contributed by atoms with Crippen LogP contribution in [0.2, 0.25) is 0 Å². The van der Waals surface area contributed by atoms with E-state index in [9.17, 15) is 5.11 Å². The van der Waals surface area contributed by atoms with Crippen molar-refractivity contribution in [2.75, 3.05) is 19.5 Å². The maximum absolute atomic E-state index is 9.51. The summed E-state index contributed by atoms with van der Waals surface area (Å²) in [6, 6.07) is 5.52. The van der Waals surface area contributed by atoms with E-state index in [0.717, 1.165) is 17.1 Å². The third kappa shape index (κ3) is 4.78. The van der Waals surface area contributed by atoms with Gasteiger partial charge in [0.25, 0.3) is 0 Å². The third-order valence-electron chi connectivity index (χ3n) is 2.46. The highest BCUT2D eigenvalue weighted by Crippen LogP contribution is 2.30. The molecule has 0 saturated heterocycles. The molecule has 1 aromatic carbocycles. The molecule has 0 aliphatic rings. The highest BCUT2D eigenvalue weighted by atomic mass is 32.2. The number of aliphatic hydroxyl groups is 1. The van der Waals surface area contributed by atoms with Gasteiger partial charge in [0.1, 0.15) is 0 Å². The van der Waals surface area contributed by atoms with E-state index >= 15 is 0 Å². The highest BCUT2D eigenvalue weighted by Gasteiger charge is 2.08. The second-order valence-electron chi connectivity index (χ2n) is 4.35. The van der Waals surface area contributed by atoms with Crippen LogP contribution >= 0.6 is 11.8 Å². The average Bonchev–Trinajstić information content (AvgIpc) is 2.34. The number of benzene rings is 1. The largest absolute Gasteiger partial charge is 0.493 e. The smallest absolute Gasteiger partial charge is 0.161 e. The lowest BCUT2D eigenvalue weighted by Gasteiger charge is -2.13. The van der Waals surface area contributed by atoms with E-state index in [1.54, 1.807) is 14.0 Å². The Morgan fingerprint density at radius 2 is 1.94 bits per heavy atom. The van der Waals surface area contributed by atoms with Gasteiger partial charge in [-0.1, -0.05) is 19.9 Å². The molecular formula is C14H22O3S. The monoisotopic (exact) mass is 270 g/mol. The van der Waals surface area contributed by atoms with E-state index in [4.69, 9.17) is 9.47 Å². The van der Waals surface area contributed by atoms with Gasteiger partial charge in [-0.3, -0.25) is 0 Å². The molecular weight excluding hydrogens is 248 g/mol. The number of methoxy groups -OCH3 is 1. The number of aliphatic hydroxyl groups excluding tert-OH is 1. The molecule has 0 spiro atoms. The highest BCUT2D eigenvalue weighted by molar-refractivity contribution is 7.99. The topological polar surface area (TPSA) is 38.7 Å². The number of hydrogen-bond donors (Lipinski definition) is 1. The molecule has 1 N–H and O–H groups in total. The molecule has 0 saturated carbocycles. The summed E-state index contributed by atoms with van der Waals surface area (Å²) in [4.78, 5) is 0. The minimum absolute atomic E-state index is 0.496. The van der Waals surface area contributed by atoms with E-state index in [0.29, 0.717) is 17.6 Å². The normalized spacial score (nSPS) is 12.6. The molecule has 0 radical (unpaired) electrons. The third-order valence-corrected chi connectivity index (χ3v) is 3.53. The summed E-state index contributed by atoms with van der Waals surface area (Å²) < 4.78 is 11.0. The van der Waals surface area contributed by atoms with Crippen molar-refractivity contribution in [2.45, 2.75) is 32.1 Å². The average molecular weight is 270 g/mol. The summed E-state index contributed by atoms with van der Waals surface area (Å²) in [6.45, 7) is 6.73. The molecule has 1 unspecified atom stereocenters. The van der Waals surface area contributed by atoms with Gasteiger partial charge in [0, 0.05) is 5.75 Å². The molecule has 102 valence electrons. The quantitative estimate of drug-likeness (QED) is 0.772. The minimum Gasteiger partial charge on any atom is -0.493 e. The van der Waals surface area contributed by atoms with Crippen LogP contribution in [0.3, 0.4) is 0 Å². The second-order valence-corrected chi connectivity index (χ2v) is 6.04. The number of rotatable bonds is 7. The number of hydrogen-bond acceptors (Lipinski definition) is 4. The predicted molar refractivity (Wildman–Crippen MR) is 76.7 cm³/mol. The Balaban J connectivity index is 2.59. The Morgan fingerprint density at radius 1 is 1.22 bits per heavy atom. The Hall–Kier alpha value is -0.870. The van der Waals surface area contributed by atoms with E-state index in [2.05, 4.69) is 13.8 Å². The van der Waals surface area contributed by atoms with Crippen LogP contribution in [0.5, 0.6) is 11.5 Å². The lowest BCUT2D eigenvalue weighted by molar-refractivity contribution is 0.198. The van der Waals surface area contributed by atoms with Crippen molar-refractivity contribution in [3.05, 3.63) is 23.8 Å². The summed E-state index contributed by atoms with van der Waals surface area (Å²) in [5, 5.41) is 10.1. The number of ether oxygens (including phenoxy) is 2. The first-order valence-electron chi connectivity index (χ1n) is 6.15. The Labute approximate surface area is 113 Å². The Morgan fingerprint density at radius 3 is 2.50 bits per heavy atom. The molecule has 3 nitrogen and oxygen atoms in total. The summed E-state index contributed by atoms with van der Waals surface area (Å²) in [6.07, 6.45) is -0.496. The summed E-state index contributed by atoms with van der Waals surface area (Å²) in [5.41, 5.74) is 0.829. The van der Waals surface area contributed by atoms with Gasteiger partial charge < -0.3 is 14.6 Å². The molecule has 1 atom stereocenters. The predicted octanol–water partition coefficient (Wildman–Crippen LogP) is 3.27. The van der Waals surface area contributed by atoms with Gasteiger partial charge in [-0.05, 0) is 29.9 Å². The van der Waals surface area contributed by atoms with Crippen molar-refractivity contribution in [3.63, 3.8) is 0 Å². The molecule has 0 amide bonds. The fourth-order valence-corrected chi connectivity index (χ4v) is 2.15. The zero-order valence-electron chi connectivity index (χ0n) is 11.5. The van der Waals surface area contributed by atoms with E-state index in [1.165, 1.54) is 0 Å². The molecule has 4 heteroatoms. The molecule has 0 aliphatic carbocycles. The minimum atomic E-state index is -0.496. The molecule has 0 bridgehead atoms. The Bertz CT molecular complexity index is 364. The van der Waals surface area contributed by atoms with Gasteiger partial charge in [0.2, 0.25) is 0 Å². The standard InChI is InChI=1S/C14H22O3S/c1-10(2)18-8-7-17-13-6-5-12(11(3)15)9-14(13)16-4/h5-6,9-11,15H,7-8H2,1-4H3. The van der Waals surface area contributed by atoms with Crippen molar-refractivity contribution < 1.29 is 14.6 Å². The Kier molecular flexibility index (Phi) is 6.36. The number of thioether (sulfide) groups is 1. The van der Waals surface area contributed by atoms with Crippen molar-refractivity contribution in [1.82, 2.24) is 0 Å². The second kappa shape index (κ2) is 7.54. The van der Waals surface area contributed by atoms with Crippen LogP contribution < -0.4 is 9.47 Å². The fourth-order valence-electron chi connectivity index (χ4n) is 1.50. The maximum atomic E-state index is 9.51. The molecule has 0 aromatic heterocycles. The zero-order valence-corrected chi connectivity index (χ0v) is 12.3. The van der Waals surface area contributed by atoms with Gasteiger partial charge in [0.05, 0.1) is 19.8 Å². The van der Waals surface area contributed by atoms with Gasteiger partial charge in [-0.2, -0.15) is 11.8 Å². The fraction of sp³-hybridized carbons (Fsp3) is 0.571.